The average molecular weight is 242 g/mol. The molecule has 0 spiro atoms. The first-order valence-electron chi connectivity index (χ1n) is 6.23. The van der Waals surface area contributed by atoms with Gasteiger partial charge in [0.1, 0.15) is 0 Å². The summed E-state index contributed by atoms with van der Waals surface area (Å²) in [6, 6.07) is 20.8. The Morgan fingerprint density at radius 1 is 0.500 bits per heavy atom. The summed E-state index contributed by atoms with van der Waals surface area (Å²) in [6.07, 6.45) is 0. The molecule has 1 saturated heterocycles. The van der Waals surface area contributed by atoms with Gasteiger partial charge in [0.2, 0.25) is 0 Å². The van der Waals surface area contributed by atoms with Crippen LogP contribution in [0.1, 0.15) is 0 Å². The van der Waals surface area contributed by atoms with Gasteiger partial charge >= 0.3 is 0 Å². The third-order valence-corrected chi connectivity index (χ3v) is 2.62. The van der Waals surface area contributed by atoms with Crippen molar-refractivity contribution in [3.8, 4) is 11.1 Å². The molecule has 0 saturated carbocycles. The predicted octanol–water partition coefficient (Wildman–Crippen LogP) is 3.39. The molecule has 0 unspecified atom stereocenters. The Labute approximate surface area is 108 Å². The van der Waals surface area contributed by atoms with Crippen LogP contribution in [0, 0.1) is 0 Å². The third-order valence-electron chi connectivity index (χ3n) is 2.62. The number of ether oxygens (including phenoxy) is 2. The summed E-state index contributed by atoms with van der Waals surface area (Å²) in [6.45, 7) is 3.11. The van der Waals surface area contributed by atoms with Gasteiger partial charge in [0.05, 0.1) is 26.4 Å². The van der Waals surface area contributed by atoms with E-state index in [2.05, 4.69) is 48.5 Å². The average Bonchev–Trinajstić information content (AvgIpc) is 2.51. The van der Waals surface area contributed by atoms with E-state index in [9.17, 15) is 0 Å². The fraction of sp³-hybridized carbons (Fsp3) is 0.250. The second kappa shape index (κ2) is 7.64. The van der Waals surface area contributed by atoms with Gasteiger partial charge in [0, 0.05) is 0 Å². The molecule has 2 aromatic rings. The van der Waals surface area contributed by atoms with Crippen LogP contribution in [0.25, 0.3) is 11.1 Å². The third kappa shape index (κ3) is 4.32. The van der Waals surface area contributed by atoms with Gasteiger partial charge < -0.3 is 9.47 Å². The summed E-state index contributed by atoms with van der Waals surface area (Å²) >= 11 is 0. The van der Waals surface area contributed by atoms with E-state index >= 15 is 0 Å². The molecule has 1 aliphatic rings. The van der Waals surface area contributed by atoms with Gasteiger partial charge in [-0.1, -0.05) is 60.7 Å². The van der Waals surface area contributed by atoms with Crippen LogP contribution < -0.4 is 0 Å². The fourth-order valence-corrected chi connectivity index (χ4v) is 1.70. The lowest BCUT2D eigenvalue weighted by Crippen LogP contribution is -2.16. The second-order valence-electron chi connectivity index (χ2n) is 3.96. The number of benzene rings is 2. The highest BCUT2D eigenvalue weighted by molar-refractivity contribution is 5.62. The van der Waals surface area contributed by atoms with Crippen LogP contribution in [0.15, 0.2) is 60.7 Å². The first-order chi connectivity index (χ1) is 8.97. The molecule has 2 aromatic carbocycles. The maximum Gasteiger partial charge on any atom is 0.0701 e. The Hall–Kier alpha value is -1.64. The predicted molar refractivity (Wildman–Crippen MR) is 73.5 cm³/mol. The molecule has 0 bridgehead atoms. The molecule has 94 valence electrons. The van der Waals surface area contributed by atoms with Crippen LogP contribution in [0.2, 0.25) is 0 Å². The van der Waals surface area contributed by atoms with Gasteiger partial charge in [0.25, 0.3) is 0 Å². The Morgan fingerprint density at radius 3 is 1.11 bits per heavy atom. The van der Waals surface area contributed by atoms with Gasteiger partial charge in [-0.05, 0) is 11.1 Å². The molecule has 1 heterocycles. The number of hydrogen-bond acceptors (Lipinski definition) is 2. The van der Waals surface area contributed by atoms with E-state index in [1.165, 1.54) is 11.1 Å². The van der Waals surface area contributed by atoms with Gasteiger partial charge in [0.15, 0.2) is 0 Å². The molecule has 0 atom stereocenters. The van der Waals surface area contributed by atoms with Crippen LogP contribution in [0.4, 0.5) is 0 Å². The molecule has 2 nitrogen and oxygen atoms in total. The van der Waals surface area contributed by atoms with Crippen molar-refractivity contribution in [3.63, 3.8) is 0 Å². The smallest absolute Gasteiger partial charge is 0.0701 e. The monoisotopic (exact) mass is 242 g/mol. The molecule has 0 radical (unpaired) electrons. The van der Waals surface area contributed by atoms with Crippen LogP contribution >= 0.6 is 0 Å². The molecule has 0 aliphatic carbocycles. The van der Waals surface area contributed by atoms with Crippen molar-refractivity contribution in [2.24, 2.45) is 0 Å². The molecular formula is C16H18O2. The molecule has 1 aliphatic heterocycles. The fourth-order valence-electron chi connectivity index (χ4n) is 1.70. The molecule has 0 aromatic heterocycles. The summed E-state index contributed by atoms with van der Waals surface area (Å²) in [5.41, 5.74) is 2.55. The van der Waals surface area contributed by atoms with E-state index in [0.29, 0.717) is 0 Å². The van der Waals surface area contributed by atoms with Crippen molar-refractivity contribution >= 4 is 0 Å². The molecule has 2 heteroatoms. The number of hydrogen-bond donors (Lipinski definition) is 0. The zero-order valence-electron chi connectivity index (χ0n) is 10.4. The van der Waals surface area contributed by atoms with E-state index in [1.54, 1.807) is 0 Å². The Balaban J connectivity index is 0.000000169. The summed E-state index contributed by atoms with van der Waals surface area (Å²) in [5, 5.41) is 0. The minimum Gasteiger partial charge on any atom is -0.377 e. The van der Waals surface area contributed by atoms with Gasteiger partial charge in [-0.25, -0.2) is 0 Å². The maximum absolute atomic E-state index is 4.94. The van der Waals surface area contributed by atoms with Crippen molar-refractivity contribution in [1.82, 2.24) is 0 Å². The zero-order valence-corrected chi connectivity index (χ0v) is 10.4. The van der Waals surface area contributed by atoms with Gasteiger partial charge in [-0.15, -0.1) is 0 Å². The van der Waals surface area contributed by atoms with Crippen LogP contribution in [-0.2, 0) is 9.47 Å². The lowest BCUT2D eigenvalue weighted by atomic mass is 10.1. The normalized spacial score (nSPS) is 14.4. The molecule has 1 fully saturated rings. The maximum atomic E-state index is 4.94. The highest BCUT2D eigenvalue weighted by atomic mass is 16.6. The van der Waals surface area contributed by atoms with Crippen LogP contribution in [-0.4, -0.2) is 26.4 Å². The molecule has 18 heavy (non-hydrogen) atoms. The molecule has 0 N–H and O–H groups in total. The first kappa shape index (κ1) is 12.8. The van der Waals surface area contributed by atoms with Crippen molar-refractivity contribution in [2.45, 2.75) is 0 Å². The standard InChI is InChI=1S/C12H10.C4H8O2/c1-3-7-11(8-4-1)12-9-5-2-6-10-12;1-2-6-4-3-5-1/h1-10H;1-4H2. The van der Waals surface area contributed by atoms with Crippen molar-refractivity contribution in [2.75, 3.05) is 26.4 Å². The minimum absolute atomic E-state index is 0.778. The largest absolute Gasteiger partial charge is 0.377 e. The van der Waals surface area contributed by atoms with Gasteiger partial charge in [-0.2, -0.15) is 0 Å². The van der Waals surface area contributed by atoms with E-state index in [1.807, 2.05) is 12.1 Å². The first-order valence-corrected chi connectivity index (χ1v) is 6.23. The lowest BCUT2D eigenvalue weighted by molar-refractivity contribution is -0.0334. The van der Waals surface area contributed by atoms with Crippen molar-refractivity contribution in [3.05, 3.63) is 60.7 Å². The van der Waals surface area contributed by atoms with E-state index in [4.69, 9.17) is 9.47 Å². The van der Waals surface area contributed by atoms with Crippen molar-refractivity contribution in [1.29, 1.82) is 0 Å². The summed E-state index contributed by atoms with van der Waals surface area (Å²) in [4.78, 5) is 0. The van der Waals surface area contributed by atoms with E-state index in [0.717, 1.165) is 26.4 Å². The summed E-state index contributed by atoms with van der Waals surface area (Å²) < 4.78 is 9.89. The van der Waals surface area contributed by atoms with Crippen LogP contribution in [0.3, 0.4) is 0 Å². The number of rotatable bonds is 1. The Morgan fingerprint density at radius 2 is 0.833 bits per heavy atom. The van der Waals surface area contributed by atoms with Crippen molar-refractivity contribution < 1.29 is 9.47 Å². The quantitative estimate of drug-likeness (QED) is 0.763. The highest BCUT2D eigenvalue weighted by Gasteiger charge is 1.94. The lowest BCUT2D eigenvalue weighted by Gasteiger charge is -2.09. The highest BCUT2D eigenvalue weighted by Crippen LogP contribution is 2.17. The van der Waals surface area contributed by atoms with Gasteiger partial charge in [-0.3, -0.25) is 0 Å². The summed E-state index contributed by atoms with van der Waals surface area (Å²) in [5.74, 6) is 0. The summed E-state index contributed by atoms with van der Waals surface area (Å²) in [7, 11) is 0. The zero-order chi connectivity index (χ0) is 12.5. The Kier molecular flexibility index (Phi) is 5.44. The molecular weight excluding hydrogens is 224 g/mol. The topological polar surface area (TPSA) is 18.5 Å². The van der Waals surface area contributed by atoms with E-state index < -0.39 is 0 Å². The Bertz CT molecular complexity index is 372. The SMILES string of the molecule is C1COCCO1.c1ccc(-c2ccccc2)cc1. The second-order valence-corrected chi connectivity index (χ2v) is 3.96. The van der Waals surface area contributed by atoms with E-state index in [-0.39, 0.29) is 0 Å². The molecule has 3 rings (SSSR count). The van der Waals surface area contributed by atoms with Crippen LogP contribution in [0.5, 0.6) is 0 Å². The molecule has 0 amide bonds. The minimum atomic E-state index is 0.778.